The van der Waals surface area contributed by atoms with Crippen LogP contribution in [0.4, 0.5) is 0 Å². The molecule has 8 heavy (non-hydrogen) atoms. The molecule has 2 nitrogen and oxygen atoms in total. The van der Waals surface area contributed by atoms with Crippen LogP contribution < -0.4 is 34.9 Å². The van der Waals surface area contributed by atoms with Crippen LogP contribution in [0, 0.1) is 11.5 Å². The fourth-order valence-electron chi connectivity index (χ4n) is 0.123. The van der Waals surface area contributed by atoms with Gasteiger partial charge in [0, 0.05) is 0 Å². The van der Waals surface area contributed by atoms with Crippen molar-refractivity contribution in [3.05, 3.63) is 0 Å². The number of rotatable bonds is 2. The first kappa shape index (κ1) is 11.6. The van der Waals surface area contributed by atoms with E-state index in [1.54, 1.807) is 6.19 Å². The Hall–Kier alpha value is 0.870. The molecule has 1 N–H and O–H groups in total. The maximum Gasteiger partial charge on any atom is 1.00 e. The Morgan fingerprint density at radius 1 is 1.75 bits per heavy atom. The van der Waals surface area contributed by atoms with Crippen molar-refractivity contribution in [2.45, 2.75) is 4.84 Å². The SMILES string of the molecule is N#CNCC(Cl)Cl.[H-].[Na+]. The standard InChI is InChI=1S/C3H4Cl2N2.Na.H/c4-3(5)1-7-2-6;;/h3,7H,1H2;;/q;+1;-1. The van der Waals surface area contributed by atoms with Crippen LogP contribution in [0.1, 0.15) is 1.43 Å². The fourth-order valence-corrected chi connectivity index (χ4v) is 0.277. The van der Waals surface area contributed by atoms with Crippen molar-refractivity contribution in [3.63, 3.8) is 0 Å². The van der Waals surface area contributed by atoms with Gasteiger partial charge in [-0.3, -0.25) is 0 Å². The molecule has 0 saturated heterocycles. The van der Waals surface area contributed by atoms with Crippen molar-refractivity contribution in [3.8, 4) is 6.19 Å². The summed E-state index contributed by atoms with van der Waals surface area (Å²) in [4.78, 5) is -0.486. The summed E-state index contributed by atoms with van der Waals surface area (Å²) in [5.41, 5.74) is 0. The van der Waals surface area contributed by atoms with E-state index in [0.29, 0.717) is 6.54 Å². The number of halogens is 2. The van der Waals surface area contributed by atoms with Crippen molar-refractivity contribution >= 4 is 23.2 Å². The van der Waals surface area contributed by atoms with E-state index in [1.807, 2.05) is 0 Å². The van der Waals surface area contributed by atoms with Gasteiger partial charge in [0.15, 0.2) is 6.19 Å². The van der Waals surface area contributed by atoms with Crippen LogP contribution >= 0.6 is 23.2 Å². The van der Waals surface area contributed by atoms with Crippen molar-refractivity contribution < 1.29 is 31.0 Å². The van der Waals surface area contributed by atoms with E-state index >= 15 is 0 Å². The van der Waals surface area contributed by atoms with Crippen molar-refractivity contribution in [1.82, 2.24) is 5.32 Å². The minimum atomic E-state index is -0.486. The van der Waals surface area contributed by atoms with Crippen LogP contribution in [0.15, 0.2) is 0 Å². The van der Waals surface area contributed by atoms with Gasteiger partial charge < -0.3 is 6.74 Å². The topological polar surface area (TPSA) is 35.8 Å². The van der Waals surface area contributed by atoms with Gasteiger partial charge in [-0.05, 0) is 0 Å². The Morgan fingerprint density at radius 2 is 2.25 bits per heavy atom. The summed E-state index contributed by atoms with van der Waals surface area (Å²) in [6.45, 7) is 0.319. The molecule has 0 aliphatic carbocycles. The molecular weight excluding hydrogens is 158 g/mol. The molecule has 0 radical (unpaired) electrons. The first-order chi connectivity index (χ1) is 3.27. The molecule has 0 aromatic carbocycles. The number of hydrogen-bond donors (Lipinski definition) is 1. The van der Waals surface area contributed by atoms with E-state index in [9.17, 15) is 0 Å². The molecule has 0 aliphatic rings. The Kier molecular flexibility index (Phi) is 11.5. The van der Waals surface area contributed by atoms with E-state index < -0.39 is 4.84 Å². The smallest absolute Gasteiger partial charge is 1.00 e. The van der Waals surface area contributed by atoms with Gasteiger partial charge in [-0.25, -0.2) is 0 Å². The summed E-state index contributed by atoms with van der Waals surface area (Å²) in [5.74, 6) is 0. The summed E-state index contributed by atoms with van der Waals surface area (Å²) >= 11 is 10.4. The zero-order chi connectivity index (χ0) is 5.70. The molecule has 0 amide bonds. The van der Waals surface area contributed by atoms with E-state index in [-0.39, 0.29) is 31.0 Å². The molecule has 0 aromatic heterocycles. The first-order valence-electron chi connectivity index (χ1n) is 1.67. The Balaban J connectivity index is -0.000000180. The number of nitrogens with zero attached hydrogens (tertiary/aromatic N) is 1. The predicted molar refractivity (Wildman–Crippen MR) is 30.2 cm³/mol. The number of hydrogen-bond acceptors (Lipinski definition) is 2. The van der Waals surface area contributed by atoms with Gasteiger partial charge in [0.1, 0.15) is 4.84 Å². The van der Waals surface area contributed by atoms with Gasteiger partial charge in [0.05, 0.1) is 6.54 Å². The minimum absolute atomic E-state index is 0. The van der Waals surface area contributed by atoms with Crippen molar-refractivity contribution in [2.24, 2.45) is 0 Å². The molecule has 0 aliphatic heterocycles. The Labute approximate surface area is 81.9 Å². The van der Waals surface area contributed by atoms with Crippen LogP contribution in [0.25, 0.3) is 0 Å². The molecular formula is C3H5Cl2N2Na. The summed E-state index contributed by atoms with van der Waals surface area (Å²) in [7, 11) is 0. The zero-order valence-electron chi connectivity index (χ0n) is 5.49. The number of nitriles is 1. The van der Waals surface area contributed by atoms with Crippen LogP contribution in [-0.4, -0.2) is 11.4 Å². The second-order valence-corrected chi connectivity index (χ2v) is 2.16. The van der Waals surface area contributed by atoms with E-state index in [0.717, 1.165) is 0 Å². The fraction of sp³-hybridized carbons (Fsp3) is 0.667. The van der Waals surface area contributed by atoms with E-state index in [4.69, 9.17) is 28.5 Å². The molecule has 0 atom stereocenters. The molecule has 0 bridgehead atoms. The van der Waals surface area contributed by atoms with E-state index in [2.05, 4.69) is 5.32 Å². The van der Waals surface area contributed by atoms with Gasteiger partial charge in [-0.2, -0.15) is 5.26 Å². The molecule has 0 spiro atoms. The molecule has 0 heterocycles. The summed E-state index contributed by atoms with van der Waals surface area (Å²) in [6, 6.07) is 0. The van der Waals surface area contributed by atoms with Crippen LogP contribution in [0.2, 0.25) is 0 Å². The van der Waals surface area contributed by atoms with Gasteiger partial charge in [-0.15, -0.1) is 23.2 Å². The summed E-state index contributed by atoms with van der Waals surface area (Å²) < 4.78 is 0. The zero-order valence-corrected chi connectivity index (χ0v) is 8.00. The number of nitrogens with one attached hydrogen (secondary N) is 1. The van der Waals surface area contributed by atoms with Gasteiger partial charge in [0.25, 0.3) is 0 Å². The third-order valence-electron chi connectivity index (χ3n) is 0.335. The number of alkyl halides is 2. The third-order valence-corrected chi connectivity index (χ3v) is 0.644. The Bertz CT molecular complexity index is 84.4. The quantitative estimate of drug-likeness (QED) is 0.221. The van der Waals surface area contributed by atoms with Crippen molar-refractivity contribution in [2.75, 3.05) is 6.54 Å². The van der Waals surface area contributed by atoms with E-state index in [1.165, 1.54) is 0 Å². The molecule has 0 unspecified atom stereocenters. The van der Waals surface area contributed by atoms with Gasteiger partial charge >= 0.3 is 29.6 Å². The average Bonchev–Trinajstić information content (AvgIpc) is 1.61. The molecule has 0 saturated carbocycles. The predicted octanol–water partition coefficient (Wildman–Crippen LogP) is -2.02. The van der Waals surface area contributed by atoms with Crippen LogP contribution in [0.3, 0.4) is 0 Å². The molecule has 5 heteroatoms. The maximum atomic E-state index is 7.84. The molecule has 0 fully saturated rings. The monoisotopic (exact) mass is 162 g/mol. The maximum absolute atomic E-state index is 7.84. The molecule has 0 rings (SSSR count). The summed E-state index contributed by atoms with van der Waals surface area (Å²) in [5, 5.41) is 10.1. The van der Waals surface area contributed by atoms with Crippen molar-refractivity contribution in [1.29, 1.82) is 5.26 Å². The van der Waals surface area contributed by atoms with Gasteiger partial charge in [0.2, 0.25) is 0 Å². The largest absolute Gasteiger partial charge is 1.00 e. The molecule has 0 aromatic rings. The normalized spacial score (nSPS) is 7.25. The average molecular weight is 163 g/mol. The minimum Gasteiger partial charge on any atom is -1.00 e. The second kappa shape index (κ2) is 7.87. The van der Waals surface area contributed by atoms with Crippen LogP contribution in [-0.2, 0) is 0 Å². The van der Waals surface area contributed by atoms with Crippen LogP contribution in [0.5, 0.6) is 0 Å². The molecule has 42 valence electrons. The second-order valence-electron chi connectivity index (χ2n) is 0.884. The van der Waals surface area contributed by atoms with Gasteiger partial charge in [-0.1, -0.05) is 0 Å². The Morgan fingerprint density at radius 3 is 2.38 bits per heavy atom. The third kappa shape index (κ3) is 9.98. The first-order valence-corrected chi connectivity index (χ1v) is 2.54. The summed E-state index contributed by atoms with van der Waals surface area (Å²) in [6.07, 6.45) is 1.68.